The number of nitrogens with one attached hydrogen (secondary N) is 2. The summed E-state index contributed by atoms with van der Waals surface area (Å²) in [4.78, 5) is 3.95. The van der Waals surface area contributed by atoms with Crippen molar-refractivity contribution in [2.45, 2.75) is 45.2 Å². The highest BCUT2D eigenvalue weighted by Crippen LogP contribution is 2.10. The molecule has 1 aliphatic heterocycles. The molecule has 0 bridgehead atoms. The molecule has 0 saturated carbocycles. The molecule has 1 fully saturated rings. The highest BCUT2D eigenvalue weighted by atomic mass is 32.2. The molecule has 2 heterocycles. The Morgan fingerprint density at radius 1 is 1.47 bits per heavy atom. The van der Waals surface area contributed by atoms with E-state index in [0.29, 0.717) is 18.3 Å². The standard InChI is InChI=1S/C11H20N4O3S/c1-9-14-11(18-15-9)8-13-19(16,17)7-5-10-4-2-3-6-12-10/h10,12-13H,2-8H2,1H3. The maximum Gasteiger partial charge on any atom is 0.241 e. The first-order chi connectivity index (χ1) is 9.05. The van der Waals surface area contributed by atoms with Gasteiger partial charge >= 0.3 is 0 Å². The van der Waals surface area contributed by atoms with Crippen molar-refractivity contribution >= 4 is 10.0 Å². The molecule has 0 radical (unpaired) electrons. The average molecular weight is 288 g/mol. The van der Waals surface area contributed by atoms with Crippen LogP contribution in [0.4, 0.5) is 0 Å². The highest BCUT2D eigenvalue weighted by Gasteiger charge is 2.18. The SMILES string of the molecule is Cc1noc(CNS(=O)(=O)CCC2CCCCN2)n1. The lowest BCUT2D eigenvalue weighted by molar-refractivity contribution is 0.371. The fourth-order valence-corrected chi connectivity index (χ4v) is 3.21. The monoisotopic (exact) mass is 288 g/mol. The maximum atomic E-state index is 11.8. The quantitative estimate of drug-likeness (QED) is 0.783. The molecule has 1 aromatic rings. The van der Waals surface area contributed by atoms with Crippen molar-refractivity contribution in [1.29, 1.82) is 0 Å². The number of hydrogen-bond donors (Lipinski definition) is 2. The highest BCUT2D eigenvalue weighted by molar-refractivity contribution is 7.89. The zero-order valence-electron chi connectivity index (χ0n) is 11.1. The van der Waals surface area contributed by atoms with E-state index >= 15 is 0 Å². The smallest absolute Gasteiger partial charge is 0.241 e. The molecule has 19 heavy (non-hydrogen) atoms. The lowest BCUT2D eigenvalue weighted by atomic mass is 10.0. The summed E-state index contributed by atoms with van der Waals surface area (Å²) in [5.41, 5.74) is 0. The summed E-state index contributed by atoms with van der Waals surface area (Å²) in [6, 6.07) is 0.316. The van der Waals surface area contributed by atoms with Crippen molar-refractivity contribution < 1.29 is 12.9 Å². The van der Waals surface area contributed by atoms with Crippen molar-refractivity contribution in [3.8, 4) is 0 Å². The molecule has 108 valence electrons. The minimum Gasteiger partial charge on any atom is -0.338 e. The van der Waals surface area contributed by atoms with E-state index in [1.165, 1.54) is 12.8 Å². The topological polar surface area (TPSA) is 97.1 Å². The molecule has 1 atom stereocenters. The molecule has 2 N–H and O–H groups in total. The van der Waals surface area contributed by atoms with E-state index in [9.17, 15) is 8.42 Å². The van der Waals surface area contributed by atoms with Crippen LogP contribution in [0, 0.1) is 6.92 Å². The number of sulfonamides is 1. The van der Waals surface area contributed by atoms with Crippen molar-refractivity contribution in [3.05, 3.63) is 11.7 Å². The summed E-state index contributed by atoms with van der Waals surface area (Å²) >= 11 is 0. The van der Waals surface area contributed by atoms with Crippen molar-refractivity contribution in [3.63, 3.8) is 0 Å². The van der Waals surface area contributed by atoms with Gasteiger partial charge in [-0.2, -0.15) is 4.98 Å². The fraction of sp³-hybridized carbons (Fsp3) is 0.818. The van der Waals surface area contributed by atoms with Crippen LogP contribution < -0.4 is 10.0 Å². The minimum absolute atomic E-state index is 0.0568. The minimum atomic E-state index is -3.29. The van der Waals surface area contributed by atoms with Gasteiger partial charge in [0.05, 0.1) is 12.3 Å². The predicted octanol–water partition coefficient (Wildman–Crippen LogP) is 0.330. The van der Waals surface area contributed by atoms with Crippen LogP contribution in [0.15, 0.2) is 4.52 Å². The van der Waals surface area contributed by atoms with Gasteiger partial charge in [0.25, 0.3) is 0 Å². The second kappa shape index (κ2) is 6.44. The van der Waals surface area contributed by atoms with Crippen molar-refractivity contribution in [1.82, 2.24) is 20.2 Å². The van der Waals surface area contributed by atoms with Gasteiger partial charge in [0.2, 0.25) is 15.9 Å². The normalized spacial score (nSPS) is 20.6. The molecule has 2 rings (SSSR count). The van der Waals surface area contributed by atoms with Gasteiger partial charge in [-0.3, -0.25) is 0 Å². The molecular weight excluding hydrogens is 268 g/mol. The third-order valence-electron chi connectivity index (χ3n) is 3.16. The Morgan fingerprint density at radius 2 is 2.32 bits per heavy atom. The third-order valence-corrected chi connectivity index (χ3v) is 4.52. The first kappa shape index (κ1) is 14.4. The third kappa shape index (κ3) is 4.88. The Balaban J connectivity index is 1.75. The van der Waals surface area contributed by atoms with Crippen molar-refractivity contribution in [2.75, 3.05) is 12.3 Å². The molecule has 8 heteroatoms. The summed E-state index contributed by atoms with van der Waals surface area (Å²) in [5.74, 6) is 0.912. The number of aromatic nitrogens is 2. The number of piperidine rings is 1. The summed E-state index contributed by atoms with van der Waals surface area (Å²) in [6.45, 7) is 2.73. The van der Waals surface area contributed by atoms with E-state index in [0.717, 1.165) is 13.0 Å². The lowest BCUT2D eigenvalue weighted by Crippen LogP contribution is -2.37. The van der Waals surface area contributed by atoms with Gasteiger partial charge in [-0.15, -0.1) is 0 Å². The first-order valence-corrected chi connectivity index (χ1v) is 8.20. The second-order valence-electron chi connectivity index (χ2n) is 4.81. The molecule has 7 nitrogen and oxygen atoms in total. The molecule has 1 aliphatic rings. The Morgan fingerprint density at radius 3 is 2.95 bits per heavy atom. The zero-order valence-corrected chi connectivity index (χ0v) is 11.9. The van der Waals surface area contributed by atoms with Gasteiger partial charge in [0.15, 0.2) is 5.82 Å². The maximum absolute atomic E-state index is 11.8. The molecule has 1 saturated heterocycles. The van der Waals surface area contributed by atoms with Gasteiger partial charge in [0, 0.05) is 6.04 Å². The fourth-order valence-electron chi connectivity index (χ4n) is 2.12. The Labute approximate surface area is 113 Å². The van der Waals surface area contributed by atoms with Gasteiger partial charge in [0.1, 0.15) is 0 Å². The van der Waals surface area contributed by atoms with E-state index in [1.807, 2.05) is 0 Å². The van der Waals surface area contributed by atoms with E-state index in [4.69, 9.17) is 4.52 Å². The van der Waals surface area contributed by atoms with Gasteiger partial charge < -0.3 is 9.84 Å². The van der Waals surface area contributed by atoms with Crippen LogP contribution in [0.3, 0.4) is 0 Å². The van der Waals surface area contributed by atoms with Crippen LogP contribution in [0.5, 0.6) is 0 Å². The van der Waals surface area contributed by atoms with Crippen LogP contribution in [-0.2, 0) is 16.6 Å². The Bertz CT molecular complexity index is 494. The van der Waals surface area contributed by atoms with Crippen LogP contribution in [-0.4, -0.2) is 36.9 Å². The zero-order chi connectivity index (χ0) is 13.7. The number of hydrogen-bond acceptors (Lipinski definition) is 6. The Hall–Kier alpha value is -0.990. The lowest BCUT2D eigenvalue weighted by Gasteiger charge is -2.23. The predicted molar refractivity (Wildman–Crippen MR) is 69.9 cm³/mol. The summed E-state index contributed by atoms with van der Waals surface area (Å²) in [7, 11) is -3.29. The molecule has 0 amide bonds. The molecule has 0 aromatic carbocycles. The van der Waals surface area contributed by atoms with E-state index < -0.39 is 10.0 Å². The molecule has 1 aromatic heterocycles. The second-order valence-corrected chi connectivity index (χ2v) is 6.74. The summed E-state index contributed by atoms with van der Waals surface area (Å²) in [5, 5.41) is 6.94. The molecule has 0 spiro atoms. The van der Waals surface area contributed by atoms with Gasteiger partial charge in [-0.05, 0) is 32.7 Å². The molecule has 1 unspecified atom stereocenters. The van der Waals surface area contributed by atoms with E-state index in [2.05, 4.69) is 20.2 Å². The largest absolute Gasteiger partial charge is 0.338 e. The molecular formula is C11H20N4O3S. The van der Waals surface area contributed by atoms with Crippen LogP contribution >= 0.6 is 0 Å². The van der Waals surface area contributed by atoms with Crippen molar-refractivity contribution in [2.24, 2.45) is 0 Å². The van der Waals surface area contributed by atoms with Gasteiger partial charge in [-0.25, -0.2) is 13.1 Å². The van der Waals surface area contributed by atoms with E-state index in [1.54, 1.807) is 6.92 Å². The summed E-state index contributed by atoms with van der Waals surface area (Å²) in [6.07, 6.45) is 4.04. The van der Waals surface area contributed by atoms with Crippen LogP contribution in [0.2, 0.25) is 0 Å². The van der Waals surface area contributed by atoms with E-state index in [-0.39, 0.29) is 18.2 Å². The number of aryl methyl sites for hydroxylation is 1. The number of rotatable bonds is 6. The van der Waals surface area contributed by atoms with Crippen LogP contribution in [0.1, 0.15) is 37.4 Å². The average Bonchev–Trinajstić information content (AvgIpc) is 2.82. The number of nitrogens with zero attached hydrogens (tertiary/aromatic N) is 2. The molecule has 0 aliphatic carbocycles. The Kier molecular flexibility index (Phi) is 4.89. The van der Waals surface area contributed by atoms with Gasteiger partial charge in [-0.1, -0.05) is 11.6 Å². The summed E-state index contributed by atoms with van der Waals surface area (Å²) < 4.78 is 31.0. The van der Waals surface area contributed by atoms with Crippen LogP contribution in [0.25, 0.3) is 0 Å². The first-order valence-electron chi connectivity index (χ1n) is 6.55.